The first-order valence-electron chi connectivity index (χ1n) is 7.20. The predicted octanol–water partition coefficient (Wildman–Crippen LogP) is 1.49. The number of piperidine rings is 1. The van der Waals surface area contributed by atoms with E-state index in [1.54, 1.807) is 24.0 Å². The molecule has 0 aromatic heterocycles. The summed E-state index contributed by atoms with van der Waals surface area (Å²) in [5.74, 6) is 0.739. The van der Waals surface area contributed by atoms with E-state index in [1.165, 1.54) is 0 Å². The number of hydrogen-bond acceptors (Lipinski definition) is 4. The molecular weight excluding hydrogens is 290 g/mol. The first-order valence-corrected chi connectivity index (χ1v) is 8.91. The molecule has 1 aromatic rings. The second-order valence-corrected chi connectivity index (χ2v) is 7.70. The van der Waals surface area contributed by atoms with Gasteiger partial charge in [-0.05, 0) is 25.0 Å². The van der Waals surface area contributed by atoms with Crippen molar-refractivity contribution in [3.05, 3.63) is 30.3 Å². The van der Waals surface area contributed by atoms with Gasteiger partial charge in [-0.1, -0.05) is 25.1 Å². The fourth-order valence-corrected chi connectivity index (χ4v) is 3.85. The van der Waals surface area contributed by atoms with Gasteiger partial charge in [-0.15, -0.1) is 0 Å². The molecule has 0 unspecified atom stereocenters. The van der Waals surface area contributed by atoms with E-state index >= 15 is 0 Å². The van der Waals surface area contributed by atoms with Crippen molar-refractivity contribution in [2.45, 2.75) is 25.0 Å². The van der Waals surface area contributed by atoms with Crippen LogP contribution in [-0.4, -0.2) is 49.9 Å². The highest BCUT2D eigenvalue weighted by Crippen LogP contribution is 2.19. The Labute approximate surface area is 125 Å². The van der Waals surface area contributed by atoms with Crippen LogP contribution >= 0.6 is 0 Å². The van der Waals surface area contributed by atoms with E-state index in [2.05, 4.69) is 0 Å². The Morgan fingerprint density at radius 2 is 1.86 bits per heavy atom. The number of ether oxygens (including phenoxy) is 1. The van der Waals surface area contributed by atoms with Gasteiger partial charge in [0.1, 0.15) is 5.75 Å². The zero-order chi connectivity index (χ0) is 15.3. The molecule has 1 fully saturated rings. The van der Waals surface area contributed by atoms with Crippen molar-refractivity contribution in [3.8, 4) is 5.75 Å². The van der Waals surface area contributed by atoms with Gasteiger partial charge in [-0.2, -0.15) is 0 Å². The number of benzene rings is 1. The highest BCUT2D eigenvalue weighted by molar-refractivity contribution is 7.92. The van der Waals surface area contributed by atoms with Crippen LogP contribution in [0.2, 0.25) is 0 Å². The van der Waals surface area contributed by atoms with Crippen LogP contribution in [0.25, 0.3) is 0 Å². The standard InChI is InChI=1S/C15H21NO4S/c1-2-21(18,19)14-8-10-16(11-9-14)15(17)12-20-13-6-4-3-5-7-13/h3-7,14H,2,8-12H2,1H3. The Balaban J connectivity index is 1.81. The summed E-state index contributed by atoms with van der Waals surface area (Å²) >= 11 is 0. The molecule has 0 bridgehead atoms. The lowest BCUT2D eigenvalue weighted by Crippen LogP contribution is -2.44. The molecule has 2 rings (SSSR count). The van der Waals surface area contributed by atoms with E-state index in [0.29, 0.717) is 31.7 Å². The number of likely N-dealkylation sites (tertiary alicyclic amines) is 1. The maximum absolute atomic E-state index is 12.0. The third-order valence-electron chi connectivity index (χ3n) is 3.81. The number of amides is 1. The summed E-state index contributed by atoms with van der Waals surface area (Å²) in [5.41, 5.74) is 0. The molecule has 6 heteroatoms. The van der Waals surface area contributed by atoms with E-state index in [-0.39, 0.29) is 23.5 Å². The van der Waals surface area contributed by atoms with Crippen molar-refractivity contribution in [3.63, 3.8) is 0 Å². The molecule has 116 valence electrons. The van der Waals surface area contributed by atoms with Gasteiger partial charge in [0, 0.05) is 18.8 Å². The summed E-state index contributed by atoms with van der Waals surface area (Å²) in [4.78, 5) is 13.7. The highest BCUT2D eigenvalue weighted by atomic mass is 32.2. The topological polar surface area (TPSA) is 63.7 Å². The number of sulfone groups is 1. The molecule has 0 aliphatic carbocycles. The lowest BCUT2D eigenvalue weighted by Gasteiger charge is -2.31. The number of nitrogens with zero attached hydrogens (tertiary/aromatic N) is 1. The van der Waals surface area contributed by atoms with Crippen molar-refractivity contribution < 1.29 is 17.9 Å². The van der Waals surface area contributed by atoms with E-state index in [1.807, 2.05) is 18.2 Å². The minimum atomic E-state index is -2.99. The molecule has 1 amide bonds. The largest absolute Gasteiger partial charge is 0.484 e. The fraction of sp³-hybridized carbons (Fsp3) is 0.533. The van der Waals surface area contributed by atoms with Gasteiger partial charge in [0.2, 0.25) is 0 Å². The van der Waals surface area contributed by atoms with E-state index in [9.17, 15) is 13.2 Å². The van der Waals surface area contributed by atoms with Crippen LogP contribution in [0.15, 0.2) is 30.3 Å². The molecule has 21 heavy (non-hydrogen) atoms. The van der Waals surface area contributed by atoms with E-state index in [4.69, 9.17) is 4.74 Å². The van der Waals surface area contributed by atoms with Crippen LogP contribution in [-0.2, 0) is 14.6 Å². The van der Waals surface area contributed by atoms with Gasteiger partial charge >= 0.3 is 0 Å². The van der Waals surface area contributed by atoms with Crippen LogP contribution in [0, 0.1) is 0 Å². The summed E-state index contributed by atoms with van der Waals surface area (Å²) in [6.07, 6.45) is 1.04. The molecule has 0 N–H and O–H groups in total. The maximum Gasteiger partial charge on any atom is 0.260 e. The van der Waals surface area contributed by atoms with Crippen LogP contribution in [0.5, 0.6) is 5.75 Å². The first-order chi connectivity index (χ1) is 10.0. The van der Waals surface area contributed by atoms with Gasteiger partial charge in [0.05, 0.1) is 5.25 Å². The molecule has 5 nitrogen and oxygen atoms in total. The maximum atomic E-state index is 12.0. The number of para-hydroxylation sites is 1. The molecule has 0 spiro atoms. The van der Waals surface area contributed by atoms with Crippen LogP contribution in [0.3, 0.4) is 0 Å². The number of rotatable bonds is 5. The Bertz CT molecular complexity index is 563. The van der Waals surface area contributed by atoms with Crippen LogP contribution in [0.4, 0.5) is 0 Å². The number of hydrogen-bond donors (Lipinski definition) is 0. The molecule has 0 saturated carbocycles. The second-order valence-electron chi connectivity index (χ2n) is 5.13. The number of carbonyl (C=O) groups excluding carboxylic acids is 1. The number of carbonyl (C=O) groups is 1. The summed E-state index contributed by atoms with van der Waals surface area (Å²) in [7, 11) is -2.99. The van der Waals surface area contributed by atoms with Crippen molar-refractivity contribution in [1.29, 1.82) is 0 Å². The Morgan fingerprint density at radius 3 is 2.43 bits per heavy atom. The molecule has 1 aliphatic rings. The molecule has 1 heterocycles. The predicted molar refractivity (Wildman–Crippen MR) is 81.0 cm³/mol. The Hall–Kier alpha value is -1.56. The highest BCUT2D eigenvalue weighted by Gasteiger charge is 2.30. The van der Waals surface area contributed by atoms with Gasteiger partial charge < -0.3 is 9.64 Å². The zero-order valence-electron chi connectivity index (χ0n) is 12.2. The van der Waals surface area contributed by atoms with Crippen molar-refractivity contribution >= 4 is 15.7 Å². The van der Waals surface area contributed by atoms with Crippen molar-refractivity contribution in [1.82, 2.24) is 4.90 Å². The lowest BCUT2D eigenvalue weighted by molar-refractivity contribution is -0.134. The minimum absolute atomic E-state index is 0.00475. The summed E-state index contributed by atoms with van der Waals surface area (Å²) in [6, 6.07) is 9.18. The summed E-state index contributed by atoms with van der Waals surface area (Å²) < 4.78 is 29.1. The Kier molecular flexibility index (Phi) is 5.22. The second kappa shape index (κ2) is 6.93. The SMILES string of the molecule is CCS(=O)(=O)C1CCN(C(=O)COc2ccccc2)CC1. The third-order valence-corrected chi connectivity index (χ3v) is 6.10. The fourth-order valence-electron chi connectivity index (χ4n) is 2.45. The quantitative estimate of drug-likeness (QED) is 0.826. The minimum Gasteiger partial charge on any atom is -0.484 e. The van der Waals surface area contributed by atoms with Gasteiger partial charge in [-0.25, -0.2) is 8.42 Å². The molecule has 0 radical (unpaired) electrons. The third kappa shape index (κ3) is 4.20. The average molecular weight is 311 g/mol. The lowest BCUT2D eigenvalue weighted by atomic mass is 10.1. The van der Waals surface area contributed by atoms with Gasteiger partial charge in [0.25, 0.3) is 5.91 Å². The average Bonchev–Trinajstić information content (AvgIpc) is 2.53. The van der Waals surface area contributed by atoms with Crippen LogP contribution < -0.4 is 4.74 Å². The van der Waals surface area contributed by atoms with E-state index < -0.39 is 9.84 Å². The summed E-state index contributed by atoms with van der Waals surface area (Å²) in [6.45, 7) is 2.64. The molecule has 1 aromatic carbocycles. The summed E-state index contributed by atoms with van der Waals surface area (Å²) in [5, 5.41) is -0.304. The van der Waals surface area contributed by atoms with Gasteiger partial charge in [-0.3, -0.25) is 4.79 Å². The monoisotopic (exact) mass is 311 g/mol. The van der Waals surface area contributed by atoms with Crippen LogP contribution in [0.1, 0.15) is 19.8 Å². The zero-order valence-corrected chi connectivity index (χ0v) is 13.0. The van der Waals surface area contributed by atoms with Crippen molar-refractivity contribution in [2.75, 3.05) is 25.4 Å². The molecule has 1 aliphatic heterocycles. The van der Waals surface area contributed by atoms with E-state index in [0.717, 1.165) is 0 Å². The van der Waals surface area contributed by atoms with Gasteiger partial charge in [0.15, 0.2) is 16.4 Å². The normalized spacial score (nSPS) is 16.7. The molecule has 0 atom stereocenters. The smallest absolute Gasteiger partial charge is 0.260 e. The molecular formula is C15H21NO4S. The first kappa shape index (κ1) is 15.8. The Morgan fingerprint density at radius 1 is 1.24 bits per heavy atom. The van der Waals surface area contributed by atoms with Crippen molar-refractivity contribution in [2.24, 2.45) is 0 Å². The molecule has 1 saturated heterocycles.